The van der Waals surface area contributed by atoms with Crippen LogP contribution in [-0.4, -0.2) is 38.8 Å². The molecule has 0 aromatic carbocycles. The first-order chi connectivity index (χ1) is 12.5. The Labute approximate surface area is 151 Å². The van der Waals surface area contributed by atoms with Crippen molar-refractivity contribution in [2.24, 2.45) is 0 Å². The maximum absolute atomic E-state index is 13.3. The van der Waals surface area contributed by atoms with E-state index in [0.29, 0.717) is 25.5 Å². The summed E-state index contributed by atoms with van der Waals surface area (Å²) in [5, 5.41) is 6.01. The Morgan fingerprint density at radius 1 is 1.38 bits per heavy atom. The van der Waals surface area contributed by atoms with Gasteiger partial charge in [0, 0.05) is 24.1 Å². The molecular weight excluding hydrogens is 367 g/mol. The van der Waals surface area contributed by atoms with Gasteiger partial charge in [-0.15, -0.1) is 11.3 Å². The summed E-state index contributed by atoms with van der Waals surface area (Å²) in [5.74, 6) is 0.238. The zero-order valence-electron chi connectivity index (χ0n) is 13.7. The van der Waals surface area contributed by atoms with Crippen molar-refractivity contribution in [3.8, 4) is 0 Å². The number of aromatic nitrogens is 4. The summed E-state index contributed by atoms with van der Waals surface area (Å²) in [7, 11) is 0. The molecule has 1 aliphatic rings. The summed E-state index contributed by atoms with van der Waals surface area (Å²) in [6.07, 6.45) is -1.52. The van der Waals surface area contributed by atoms with Crippen molar-refractivity contribution in [2.75, 3.05) is 18.1 Å². The smallest absolute Gasteiger partial charge is 0.376 e. The average molecular weight is 383 g/mol. The van der Waals surface area contributed by atoms with E-state index in [4.69, 9.17) is 4.74 Å². The summed E-state index contributed by atoms with van der Waals surface area (Å²) >= 11 is 1.56. The van der Waals surface area contributed by atoms with Crippen LogP contribution in [0.15, 0.2) is 29.9 Å². The van der Waals surface area contributed by atoms with Crippen LogP contribution in [0, 0.1) is 0 Å². The highest BCUT2D eigenvalue weighted by Crippen LogP contribution is 2.31. The fourth-order valence-corrected chi connectivity index (χ4v) is 3.75. The Morgan fingerprint density at radius 2 is 2.27 bits per heavy atom. The minimum atomic E-state index is -4.55. The zero-order chi connectivity index (χ0) is 18.1. The minimum Gasteiger partial charge on any atom is -0.376 e. The third kappa shape index (κ3) is 3.51. The van der Waals surface area contributed by atoms with Crippen molar-refractivity contribution in [2.45, 2.75) is 31.7 Å². The maximum atomic E-state index is 13.3. The Hall–Kier alpha value is -2.20. The lowest BCUT2D eigenvalue weighted by molar-refractivity contribution is -0.141. The van der Waals surface area contributed by atoms with Crippen molar-refractivity contribution in [3.63, 3.8) is 0 Å². The molecule has 26 heavy (non-hydrogen) atoms. The largest absolute Gasteiger partial charge is 0.433 e. The number of ether oxygens (including phenoxy) is 1. The molecule has 0 saturated carbocycles. The van der Waals surface area contributed by atoms with Crippen LogP contribution in [0.3, 0.4) is 0 Å². The molecule has 1 fully saturated rings. The molecular formula is C16H16F3N5OS. The minimum absolute atomic E-state index is 0.0176. The lowest BCUT2D eigenvalue weighted by atomic mass is 10.2. The van der Waals surface area contributed by atoms with Crippen molar-refractivity contribution in [3.05, 3.63) is 40.5 Å². The molecule has 0 aliphatic carbocycles. The van der Waals surface area contributed by atoms with Gasteiger partial charge >= 0.3 is 6.18 Å². The van der Waals surface area contributed by atoms with Gasteiger partial charge in [0.15, 0.2) is 5.69 Å². The summed E-state index contributed by atoms with van der Waals surface area (Å²) in [4.78, 5) is 10.3. The topological polar surface area (TPSA) is 55.6 Å². The SMILES string of the molecule is FC(F)(F)c1cc(N(Cc2cccs2)CC2CCCO2)n2ncnc2n1. The molecule has 10 heteroatoms. The molecule has 4 rings (SSSR count). The highest BCUT2D eigenvalue weighted by Gasteiger charge is 2.35. The standard InChI is InChI=1S/C16H16F3N5OS/c17-16(18,19)13-7-14(24-15(22-13)20-10-21-24)23(8-11-3-1-5-25-11)9-12-4-2-6-26-12/h2,4,6-7,10-11H,1,3,5,8-9H2. The third-order valence-corrected chi connectivity index (χ3v) is 5.08. The molecule has 0 bridgehead atoms. The van der Waals surface area contributed by atoms with Crippen LogP contribution in [-0.2, 0) is 17.5 Å². The van der Waals surface area contributed by atoms with E-state index in [1.165, 1.54) is 10.8 Å². The van der Waals surface area contributed by atoms with Gasteiger partial charge in [0.05, 0.1) is 12.6 Å². The Bertz CT molecular complexity index is 874. The zero-order valence-corrected chi connectivity index (χ0v) is 14.5. The molecule has 1 aliphatic heterocycles. The van der Waals surface area contributed by atoms with Crippen LogP contribution in [0.1, 0.15) is 23.4 Å². The Morgan fingerprint density at radius 3 is 2.96 bits per heavy atom. The first kappa shape index (κ1) is 17.2. The fourth-order valence-electron chi connectivity index (χ4n) is 3.03. The quantitative estimate of drug-likeness (QED) is 0.676. The van der Waals surface area contributed by atoms with Gasteiger partial charge in [-0.1, -0.05) is 6.07 Å². The summed E-state index contributed by atoms with van der Waals surface area (Å²) in [5.41, 5.74) is -0.975. The summed E-state index contributed by atoms with van der Waals surface area (Å²) in [6, 6.07) is 4.91. The summed E-state index contributed by atoms with van der Waals surface area (Å²) in [6.45, 7) is 1.63. The van der Waals surface area contributed by atoms with Gasteiger partial charge in [-0.2, -0.15) is 27.8 Å². The third-order valence-electron chi connectivity index (χ3n) is 4.22. The van der Waals surface area contributed by atoms with Crippen molar-refractivity contribution < 1.29 is 17.9 Å². The van der Waals surface area contributed by atoms with Gasteiger partial charge in [0.1, 0.15) is 12.1 Å². The average Bonchev–Trinajstić information content (AvgIpc) is 3.35. The van der Waals surface area contributed by atoms with Gasteiger partial charge in [-0.25, -0.2) is 4.98 Å². The van der Waals surface area contributed by atoms with E-state index in [1.807, 2.05) is 22.4 Å². The molecule has 1 unspecified atom stereocenters. The van der Waals surface area contributed by atoms with Gasteiger partial charge in [0.2, 0.25) is 0 Å². The van der Waals surface area contributed by atoms with E-state index in [0.717, 1.165) is 23.8 Å². The number of rotatable bonds is 5. The monoisotopic (exact) mass is 383 g/mol. The van der Waals surface area contributed by atoms with Crippen LogP contribution in [0.5, 0.6) is 0 Å². The molecule has 3 aromatic heterocycles. The van der Waals surface area contributed by atoms with Crippen LogP contribution in [0.25, 0.3) is 5.78 Å². The lowest BCUT2D eigenvalue weighted by Crippen LogP contribution is -2.33. The van der Waals surface area contributed by atoms with Crippen molar-refractivity contribution in [1.29, 1.82) is 0 Å². The predicted octanol–water partition coefficient (Wildman–Crippen LogP) is 3.39. The molecule has 3 aromatic rings. The van der Waals surface area contributed by atoms with Crippen LogP contribution in [0.2, 0.25) is 0 Å². The van der Waals surface area contributed by atoms with E-state index in [-0.39, 0.29) is 11.9 Å². The van der Waals surface area contributed by atoms with Crippen molar-refractivity contribution >= 4 is 22.9 Å². The maximum Gasteiger partial charge on any atom is 0.433 e. The second-order valence-electron chi connectivity index (χ2n) is 6.06. The number of fused-ring (bicyclic) bond motifs is 1. The highest BCUT2D eigenvalue weighted by atomic mass is 32.1. The van der Waals surface area contributed by atoms with Crippen LogP contribution in [0.4, 0.5) is 19.0 Å². The molecule has 0 N–H and O–H groups in total. The lowest BCUT2D eigenvalue weighted by Gasteiger charge is -2.27. The molecule has 4 heterocycles. The van der Waals surface area contributed by atoms with Gasteiger partial charge < -0.3 is 9.64 Å². The van der Waals surface area contributed by atoms with Crippen LogP contribution < -0.4 is 4.90 Å². The van der Waals surface area contributed by atoms with E-state index in [9.17, 15) is 13.2 Å². The van der Waals surface area contributed by atoms with Crippen molar-refractivity contribution in [1.82, 2.24) is 19.6 Å². The molecule has 0 radical (unpaired) electrons. The molecule has 1 atom stereocenters. The Kier molecular flexibility index (Phi) is 4.53. The number of halogens is 3. The van der Waals surface area contributed by atoms with Gasteiger partial charge in [-0.05, 0) is 24.3 Å². The normalized spacial score (nSPS) is 17.9. The number of hydrogen-bond acceptors (Lipinski definition) is 6. The van der Waals surface area contributed by atoms with Gasteiger partial charge in [0.25, 0.3) is 5.78 Å². The number of thiophene rings is 1. The molecule has 1 saturated heterocycles. The molecule has 138 valence electrons. The molecule has 6 nitrogen and oxygen atoms in total. The first-order valence-corrected chi connectivity index (χ1v) is 9.05. The summed E-state index contributed by atoms with van der Waals surface area (Å²) < 4.78 is 46.9. The first-order valence-electron chi connectivity index (χ1n) is 8.17. The number of nitrogens with zero attached hydrogens (tertiary/aromatic N) is 5. The number of hydrogen-bond donors (Lipinski definition) is 0. The van der Waals surface area contributed by atoms with E-state index in [2.05, 4.69) is 15.1 Å². The predicted molar refractivity (Wildman–Crippen MR) is 90.1 cm³/mol. The Balaban J connectivity index is 1.76. The van der Waals surface area contributed by atoms with Gasteiger partial charge in [-0.3, -0.25) is 0 Å². The van der Waals surface area contributed by atoms with E-state index in [1.54, 1.807) is 11.3 Å². The number of alkyl halides is 3. The van der Waals surface area contributed by atoms with E-state index >= 15 is 0 Å². The van der Waals surface area contributed by atoms with Crippen LogP contribution >= 0.6 is 11.3 Å². The van der Waals surface area contributed by atoms with E-state index < -0.39 is 11.9 Å². The molecule has 0 spiro atoms. The second kappa shape index (κ2) is 6.84. The fraction of sp³-hybridized carbons (Fsp3) is 0.438. The molecule has 0 amide bonds. The highest BCUT2D eigenvalue weighted by molar-refractivity contribution is 7.09. The second-order valence-corrected chi connectivity index (χ2v) is 7.10. The number of anilines is 1.